The summed E-state index contributed by atoms with van der Waals surface area (Å²) in [6.07, 6.45) is -29.2. The highest BCUT2D eigenvalue weighted by Crippen LogP contribution is 2.34. The Morgan fingerprint density at radius 1 is 0.467 bits per heavy atom. The molecular formula is C27H48O18. The minimum atomic E-state index is -1.86. The quantitative estimate of drug-likeness (QED) is 0.105. The number of rotatable bonds is 10. The van der Waals surface area contributed by atoms with E-state index in [0.29, 0.717) is 6.42 Å². The van der Waals surface area contributed by atoms with Crippen LogP contribution in [0, 0.1) is 0 Å². The molecule has 0 amide bonds. The van der Waals surface area contributed by atoms with Crippen molar-refractivity contribution in [2.24, 2.45) is 0 Å². The van der Waals surface area contributed by atoms with E-state index in [9.17, 15) is 51.1 Å². The minimum absolute atomic E-state index is 0.248. The predicted molar refractivity (Wildman–Crippen MR) is 144 cm³/mol. The Balaban J connectivity index is 1.53. The molecule has 264 valence electrons. The molecule has 4 rings (SSSR count). The molecule has 18 nitrogen and oxygen atoms in total. The molecule has 8 unspecified atom stereocenters. The van der Waals surface area contributed by atoms with Crippen molar-refractivity contribution >= 4 is 0 Å². The standard InChI is InChI=1S/C27H48O18/c1-5-6-38-24-19(36)21(13(30)9(3)39-24)44-27-23(17(34)12(29)8(2)41-27)45-26-20(37)22(14(31)10(4)40-26)43-25-18(35)16(33)15(32)11(7-28)42-25/h8-37H,5-7H2,1-4H3/t8?,9?,10?,11-,12-,13-,14-,15+,16?,17-,18?,19?,20?,21-,22-,23?,24+,25+,26-,27-/m0/s1. The third kappa shape index (κ3) is 7.79. The van der Waals surface area contributed by atoms with Crippen LogP contribution in [0.3, 0.4) is 0 Å². The van der Waals surface area contributed by atoms with Crippen molar-refractivity contribution in [2.75, 3.05) is 13.2 Å². The van der Waals surface area contributed by atoms with Crippen LogP contribution >= 0.6 is 0 Å². The van der Waals surface area contributed by atoms with Gasteiger partial charge in [0.25, 0.3) is 0 Å². The van der Waals surface area contributed by atoms with Gasteiger partial charge in [0.1, 0.15) is 79.4 Å². The van der Waals surface area contributed by atoms with Crippen molar-refractivity contribution in [1.29, 1.82) is 0 Å². The molecule has 20 atom stereocenters. The highest BCUT2D eigenvalue weighted by molar-refractivity contribution is 4.96. The summed E-state index contributed by atoms with van der Waals surface area (Å²) in [5.41, 5.74) is 0. The normalized spacial score (nSPS) is 52.9. The fraction of sp³-hybridized carbons (Fsp3) is 1.00. The first-order valence-electron chi connectivity index (χ1n) is 15.1. The molecule has 45 heavy (non-hydrogen) atoms. The topological polar surface area (TPSA) is 276 Å². The van der Waals surface area contributed by atoms with Crippen LogP contribution in [0.25, 0.3) is 0 Å². The van der Waals surface area contributed by atoms with Crippen LogP contribution < -0.4 is 0 Å². The maximum absolute atomic E-state index is 11.2. The van der Waals surface area contributed by atoms with Gasteiger partial charge in [-0.3, -0.25) is 0 Å². The Morgan fingerprint density at radius 2 is 0.933 bits per heavy atom. The molecule has 0 radical (unpaired) electrons. The lowest BCUT2D eigenvalue weighted by atomic mass is 9.96. The summed E-state index contributed by atoms with van der Waals surface area (Å²) in [6.45, 7) is 5.76. The third-order valence-electron chi connectivity index (χ3n) is 8.56. The molecule has 4 fully saturated rings. The number of ether oxygens (including phenoxy) is 8. The van der Waals surface area contributed by atoms with Gasteiger partial charge in [-0.2, -0.15) is 0 Å². The molecule has 10 N–H and O–H groups in total. The molecule has 4 heterocycles. The van der Waals surface area contributed by atoms with Crippen LogP contribution in [0.1, 0.15) is 34.1 Å². The lowest BCUT2D eigenvalue weighted by Crippen LogP contribution is -2.67. The van der Waals surface area contributed by atoms with Gasteiger partial charge in [0.2, 0.25) is 0 Å². The van der Waals surface area contributed by atoms with E-state index >= 15 is 0 Å². The van der Waals surface area contributed by atoms with E-state index in [0.717, 1.165) is 0 Å². The summed E-state index contributed by atoms with van der Waals surface area (Å²) in [5.74, 6) is 0. The van der Waals surface area contributed by atoms with Gasteiger partial charge in [0.15, 0.2) is 25.2 Å². The zero-order valence-corrected chi connectivity index (χ0v) is 25.4. The lowest BCUT2D eigenvalue weighted by Gasteiger charge is -2.49. The van der Waals surface area contributed by atoms with E-state index in [1.165, 1.54) is 13.8 Å². The summed E-state index contributed by atoms with van der Waals surface area (Å²) in [7, 11) is 0. The Kier molecular flexibility index (Phi) is 12.9. The van der Waals surface area contributed by atoms with E-state index in [4.69, 9.17) is 37.9 Å². The van der Waals surface area contributed by atoms with Crippen LogP contribution in [-0.4, -0.2) is 187 Å². The SMILES string of the molecule is CCCO[C@@H]1OC(C)[C@H](O)[C@H](O[C@@H]2OC(C)[C@H](O)[C@H](O)C2O[C@@H]2OC(C)[C@H](O)[C@H](O[C@H]3O[C@@H](CO)[C@@H](O)C(O)C3O)C2O)C1O. The Labute approximate surface area is 259 Å². The van der Waals surface area contributed by atoms with E-state index in [1.807, 2.05) is 6.92 Å². The first kappa shape index (κ1) is 37.1. The first-order valence-corrected chi connectivity index (χ1v) is 15.1. The maximum atomic E-state index is 11.2. The highest BCUT2D eigenvalue weighted by atomic mass is 16.8. The van der Waals surface area contributed by atoms with Gasteiger partial charge in [-0.1, -0.05) is 6.92 Å². The number of hydrogen-bond acceptors (Lipinski definition) is 18. The molecule has 0 aliphatic carbocycles. The fourth-order valence-corrected chi connectivity index (χ4v) is 5.70. The monoisotopic (exact) mass is 660 g/mol. The summed E-state index contributed by atoms with van der Waals surface area (Å²) in [6, 6.07) is 0. The molecule has 0 aromatic heterocycles. The largest absolute Gasteiger partial charge is 0.394 e. The first-order chi connectivity index (χ1) is 21.2. The van der Waals surface area contributed by atoms with E-state index in [2.05, 4.69) is 0 Å². The molecule has 4 saturated heterocycles. The second-order valence-corrected chi connectivity index (χ2v) is 11.9. The van der Waals surface area contributed by atoms with Gasteiger partial charge in [-0.15, -0.1) is 0 Å². The minimum Gasteiger partial charge on any atom is -0.394 e. The molecule has 18 heteroatoms. The molecule has 0 spiro atoms. The highest BCUT2D eigenvalue weighted by Gasteiger charge is 2.54. The zero-order chi connectivity index (χ0) is 33.3. The summed E-state index contributed by atoms with van der Waals surface area (Å²) >= 11 is 0. The van der Waals surface area contributed by atoms with Crippen molar-refractivity contribution in [3.63, 3.8) is 0 Å². The molecule has 0 bridgehead atoms. The van der Waals surface area contributed by atoms with E-state index in [-0.39, 0.29) is 6.61 Å². The maximum Gasteiger partial charge on any atom is 0.187 e. The molecule has 4 aliphatic heterocycles. The number of aliphatic hydroxyl groups excluding tert-OH is 10. The lowest BCUT2D eigenvalue weighted by molar-refractivity contribution is -0.393. The average molecular weight is 661 g/mol. The smallest absolute Gasteiger partial charge is 0.187 e. The van der Waals surface area contributed by atoms with Crippen LogP contribution in [0.2, 0.25) is 0 Å². The van der Waals surface area contributed by atoms with Crippen molar-refractivity contribution in [3.8, 4) is 0 Å². The van der Waals surface area contributed by atoms with E-state index < -0.39 is 129 Å². The van der Waals surface area contributed by atoms with Gasteiger partial charge in [-0.25, -0.2) is 0 Å². The number of hydrogen-bond donors (Lipinski definition) is 10. The van der Waals surface area contributed by atoms with Crippen molar-refractivity contribution in [3.05, 3.63) is 0 Å². The Hall–Kier alpha value is -0.720. The second-order valence-electron chi connectivity index (χ2n) is 11.9. The Bertz CT molecular complexity index is 915. The zero-order valence-electron chi connectivity index (χ0n) is 25.4. The predicted octanol–water partition coefficient (Wildman–Crippen LogP) is -5.23. The summed E-state index contributed by atoms with van der Waals surface area (Å²) in [4.78, 5) is 0. The van der Waals surface area contributed by atoms with Gasteiger partial charge < -0.3 is 89.0 Å². The van der Waals surface area contributed by atoms with Crippen molar-refractivity contribution in [1.82, 2.24) is 0 Å². The summed E-state index contributed by atoms with van der Waals surface area (Å²) in [5, 5.41) is 105. The van der Waals surface area contributed by atoms with Gasteiger partial charge in [0.05, 0.1) is 24.9 Å². The van der Waals surface area contributed by atoms with Crippen molar-refractivity contribution < 1.29 is 89.0 Å². The van der Waals surface area contributed by atoms with Crippen LogP contribution in [0.15, 0.2) is 0 Å². The van der Waals surface area contributed by atoms with Gasteiger partial charge in [0, 0.05) is 6.61 Å². The van der Waals surface area contributed by atoms with Crippen LogP contribution in [-0.2, 0) is 37.9 Å². The molecule has 0 aromatic rings. The second kappa shape index (κ2) is 15.7. The van der Waals surface area contributed by atoms with Crippen molar-refractivity contribution in [2.45, 2.75) is 157 Å². The van der Waals surface area contributed by atoms with Crippen LogP contribution in [0.4, 0.5) is 0 Å². The third-order valence-corrected chi connectivity index (χ3v) is 8.56. The van der Waals surface area contributed by atoms with E-state index in [1.54, 1.807) is 6.92 Å². The molecule has 4 aliphatic rings. The molecule has 0 saturated carbocycles. The average Bonchev–Trinajstić information content (AvgIpc) is 3.01. The summed E-state index contributed by atoms with van der Waals surface area (Å²) < 4.78 is 45.3. The fourth-order valence-electron chi connectivity index (χ4n) is 5.70. The molecule has 0 aromatic carbocycles. The van der Waals surface area contributed by atoms with Gasteiger partial charge in [-0.05, 0) is 27.2 Å². The molecular weight excluding hydrogens is 612 g/mol. The number of aliphatic hydroxyl groups is 10. The van der Waals surface area contributed by atoms with Gasteiger partial charge >= 0.3 is 0 Å². The van der Waals surface area contributed by atoms with Crippen LogP contribution in [0.5, 0.6) is 0 Å². The Morgan fingerprint density at radius 3 is 1.51 bits per heavy atom.